The Morgan fingerprint density at radius 1 is 1.10 bits per heavy atom. The van der Waals surface area contributed by atoms with Gasteiger partial charge in [-0.2, -0.15) is 9.43 Å². The number of hydrogen-bond acceptors (Lipinski definition) is 5. The highest BCUT2D eigenvalue weighted by Gasteiger charge is 2.38. The van der Waals surface area contributed by atoms with E-state index in [0.717, 1.165) is 0 Å². The van der Waals surface area contributed by atoms with Gasteiger partial charge in [-0.25, -0.2) is 8.42 Å². The largest absolute Gasteiger partial charge is 0.508 e. The minimum atomic E-state index is -3.96. The summed E-state index contributed by atoms with van der Waals surface area (Å²) in [6.45, 7) is 0. The van der Waals surface area contributed by atoms with Crippen LogP contribution in [0.25, 0.3) is 0 Å². The Morgan fingerprint density at radius 2 is 1.81 bits per heavy atom. The van der Waals surface area contributed by atoms with E-state index in [4.69, 9.17) is 0 Å². The molecule has 0 spiro atoms. The molecule has 1 aliphatic heterocycles. The summed E-state index contributed by atoms with van der Waals surface area (Å²) in [4.78, 5) is 0.0322. The van der Waals surface area contributed by atoms with Crippen LogP contribution in [0.1, 0.15) is 5.56 Å². The topological polar surface area (TPSA) is 90.2 Å². The molecule has 0 saturated heterocycles. The SMILES string of the molecule is O=S(=O)(c1ccccc1)N1N=Cc2ccc(O)cc2B1O. The van der Waals surface area contributed by atoms with E-state index in [1.165, 1.54) is 30.5 Å². The Hall–Kier alpha value is -2.32. The monoisotopic (exact) mass is 302 g/mol. The van der Waals surface area contributed by atoms with E-state index >= 15 is 0 Å². The van der Waals surface area contributed by atoms with Crippen LogP contribution in [0, 0.1) is 0 Å². The summed E-state index contributed by atoms with van der Waals surface area (Å²) in [5.41, 5.74) is 0.837. The molecule has 0 aliphatic carbocycles. The predicted octanol–water partition coefficient (Wildman–Crippen LogP) is 0.118. The number of phenols is 1. The fourth-order valence-corrected chi connectivity index (χ4v) is 3.36. The number of benzene rings is 2. The molecule has 21 heavy (non-hydrogen) atoms. The van der Waals surface area contributed by atoms with Gasteiger partial charge in [0.1, 0.15) is 5.75 Å². The zero-order valence-electron chi connectivity index (χ0n) is 10.8. The molecule has 8 heteroatoms. The summed E-state index contributed by atoms with van der Waals surface area (Å²) in [6, 6.07) is 12.0. The molecule has 1 aliphatic rings. The number of sulfonamides is 1. The molecule has 2 N–H and O–H groups in total. The molecule has 0 amide bonds. The van der Waals surface area contributed by atoms with E-state index < -0.39 is 17.1 Å². The normalized spacial score (nSPS) is 14.1. The van der Waals surface area contributed by atoms with Crippen molar-refractivity contribution in [2.24, 2.45) is 5.10 Å². The first kappa shape index (κ1) is 13.7. The molecule has 0 bridgehead atoms. The lowest BCUT2D eigenvalue weighted by Crippen LogP contribution is -2.52. The Bertz CT molecular complexity index is 808. The zero-order valence-corrected chi connectivity index (χ0v) is 11.6. The number of rotatable bonds is 2. The molecule has 0 radical (unpaired) electrons. The van der Waals surface area contributed by atoms with Gasteiger partial charge in [-0.3, -0.25) is 0 Å². The Balaban J connectivity index is 2.06. The standard InChI is InChI=1S/C13H11BN2O4S/c17-11-7-6-10-9-15-16(14(18)13(10)8-11)21(19,20)12-4-2-1-3-5-12/h1-9,17-18H. The molecule has 0 fully saturated rings. The Labute approximate surface area is 122 Å². The number of hydrazone groups is 1. The van der Waals surface area contributed by atoms with Crippen molar-refractivity contribution < 1.29 is 18.5 Å². The Morgan fingerprint density at radius 3 is 2.52 bits per heavy atom. The highest BCUT2D eigenvalue weighted by Crippen LogP contribution is 2.20. The number of aromatic hydroxyl groups is 1. The van der Waals surface area contributed by atoms with E-state index in [2.05, 4.69) is 5.10 Å². The first-order chi connectivity index (χ1) is 10.00. The van der Waals surface area contributed by atoms with Gasteiger partial charge in [-0.05, 0) is 35.3 Å². The molecule has 106 valence electrons. The molecule has 1 heterocycles. The lowest BCUT2D eigenvalue weighted by molar-refractivity contribution is 0.468. The highest BCUT2D eigenvalue weighted by atomic mass is 32.2. The van der Waals surface area contributed by atoms with E-state index in [9.17, 15) is 18.5 Å². The van der Waals surface area contributed by atoms with Crippen molar-refractivity contribution in [1.82, 2.24) is 4.33 Å². The molecule has 2 aromatic rings. The maximum absolute atomic E-state index is 12.5. The fraction of sp³-hybridized carbons (Fsp3) is 0. The number of phenolic OH excluding ortho intramolecular Hbond substituents is 1. The first-order valence-corrected chi connectivity index (χ1v) is 7.58. The highest BCUT2D eigenvalue weighted by molar-refractivity contribution is 7.90. The van der Waals surface area contributed by atoms with Crippen LogP contribution in [0.3, 0.4) is 0 Å². The van der Waals surface area contributed by atoms with Gasteiger partial charge in [0.25, 0.3) is 10.0 Å². The van der Waals surface area contributed by atoms with Gasteiger partial charge in [0, 0.05) is 0 Å². The van der Waals surface area contributed by atoms with Crippen molar-refractivity contribution in [1.29, 1.82) is 0 Å². The minimum absolute atomic E-state index is 0.0322. The summed E-state index contributed by atoms with van der Waals surface area (Å²) in [7, 11) is -5.45. The molecular weight excluding hydrogens is 291 g/mol. The van der Waals surface area contributed by atoms with Crippen LogP contribution in [-0.2, 0) is 10.0 Å². The zero-order chi connectivity index (χ0) is 15.0. The maximum atomic E-state index is 12.5. The van der Waals surface area contributed by atoms with Gasteiger partial charge in [0.05, 0.1) is 11.1 Å². The second-order valence-corrected chi connectivity index (χ2v) is 6.32. The minimum Gasteiger partial charge on any atom is -0.508 e. The number of fused-ring (bicyclic) bond motifs is 1. The molecule has 6 nitrogen and oxygen atoms in total. The summed E-state index contributed by atoms with van der Waals surface area (Å²) in [5.74, 6) is -0.0554. The fourth-order valence-electron chi connectivity index (χ4n) is 2.10. The average Bonchev–Trinajstić information content (AvgIpc) is 2.49. The van der Waals surface area contributed by atoms with Crippen LogP contribution >= 0.6 is 0 Å². The number of hydrogen-bond donors (Lipinski definition) is 2. The summed E-state index contributed by atoms with van der Waals surface area (Å²) >= 11 is 0. The molecule has 0 unspecified atom stereocenters. The van der Waals surface area contributed by atoms with Gasteiger partial charge >= 0.3 is 7.05 Å². The van der Waals surface area contributed by atoms with Crippen molar-refractivity contribution >= 4 is 28.8 Å². The summed E-state index contributed by atoms with van der Waals surface area (Å²) in [6.07, 6.45) is 1.34. The van der Waals surface area contributed by atoms with Crippen LogP contribution in [0.15, 0.2) is 58.5 Å². The van der Waals surface area contributed by atoms with Gasteiger partial charge in [0.2, 0.25) is 0 Å². The maximum Gasteiger partial charge on any atom is 0.484 e. The third-order valence-corrected chi connectivity index (χ3v) is 4.81. The average molecular weight is 302 g/mol. The second kappa shape index (κ2) is 4.90. The van der Waals surface area contributed by atoms with Gasteiger partial charge in [0.15, 0.2) is 0 Å². The van der Waals surface area contributed by atoms with Crippen LogP contribution in [0.2, 0.25) is 0 Å². The van der Waals surface area contributed by atoms with Crippen molar-refractivity contribution in [2.45, 2.75) is 4.90 Å². The van der Waals surface area contributed by atoms with E-state index in [0.29, 0.717) is 9.89 Å². The van der Waals surface area contributed by atoms with Crippen molar-refractivity contribution in [3.05, 3.63) is 54.1 Å². The van der Waals surface area contributed by atoms with E-state index in [1.807, 2.05) is 0 Å². The smallest absolute Gasteiger partial charge is 0.484 e. The van der Waals surface area contributed by atoms with Crippen molar-refractivity contribution in [3.63, 3.8) is 0 Å². The predicted molar refractivity (Wildman–Crippen MR) is 78.8 cm³/mol. The molecule has 0 atom stereocenters. The van der Waals surface area contributed by atoms with E-state index in [1.54, 1.807) is 24.3 Å². The molecule has 0 saturated carbocycles. The van der Waals surface area contributed by atoms with Crippen LogP contribution in [0.5, 0.6) is 5.75 Å². The lowest BCUT2D eigenvalue weighted by Gasteiger charge is -2.26. The molecule has 0 aromatic heterocycles. The quantitative estimate of drug-likeness (QED) is 0.771. The van der Waals surface area contributed by atoms with Crippen LogP contribution in [0.4, 0.5) is 0 Å². The lowest BCUT2D eigenvalue weighted by atomic mass is 9.71. The first-order valence-electron chi connectivity index (χ1n) is 6.14. The van der Waals surface area contributed by atoms with Crippen molar-refractivity contribution in [2.75, 3.05) is 0 Å². The molecular formula is C13H11BN2O4S. The number of nitrogens with zero attached hydrogens (tertiary/aromatic N) is 2. The van der Waals surface area contributed by atoms with Gasteiger partial charge < -0.3 is 10.1 Å². The van der Waals surface area contributed by atoms with Gasteiger partial charge in [-0.15, -0.1) is 0 Å². The van der Waals surface area contributed by atoms with Crippen LogP contribution < -0.4 is 5.46 Å². The summed E-state index contributed by atoms with van der Waals surface area (Å²) in [5, 5.41) is 23.6. The second-order valence-electron chi connectivity index (χ2n) is 4.52. The Kier molecular flexibility index (Phi) is 3.19. The van der Waals surface area contributed by atoms with E-state index in [-0.39, 0.29) is 16.1 Å². The van der Waals surface area contributed by atoms with Crippen LogP contribution in [-0.4, -0.2) is 36.1 Å². The molecule has 2 aromatic carbocycles. The third kappa shape index (κ3) is 2.28. The summed E-state index contributed by atoms with van der Waals surface area (Å²) < 4.78 is 25.6. The molecule has 3 rings (SSSR count). The third-order valence-electron chi connectivity index (χ3n) is 3.16. The van der Waals surface area contributed by atoms with Crippen molar-refractivity contribution in [3.8, 4) is 5.75 Å². The van der Waals surface area contributed by atoms with Gasteiger partial charge in [-0.1, -0.05) is 24.3 Å².